The molecular formula is C9H15N. The summed E-state index contributed by atoms with van der Waals surface area (Å²) in [6.45, 7) is 1.42. The monoisotopic (exact) mass is 137 g/mol. The predicted octanol–water partition coefficient (Wildman–Crippen LogP) is 1.63. The van der Waals surface area contributed by atoms with Gasteiger partial charge in [-0.2, -0.15) is 0 Å². The molecule has 2 aliphatic heterocycles. The van der Waals surface area contributed by atoms with Gasteiger partial charge in [0.25, 0.3) is 0 Å². The molecule has 0 spiro atoms. The quantitative estimate of drug-likeness (QED) is 0.490. The molecule has 3 aliphatic rings. The summed E-state index contributed by atoms with van der Waals surface area (Å²) in [6, 6.07) is 2.07. The van der Waals surface area contributed by atoms with Gasteiger partial charge in [0.1, 0.15) is 0 Å². The molecule has 1 saturated carbocycles. The molecule has 0 aromatic rings. The molecule has 0 amide bonds. The normalized spacial score (nSPS) is 52.2. The Morgan fingerprint density at radius 2 is 2.10 bits per heavy atom. The fourth-order valence-electron chi connectivity index (χ4n) is 3.16. The average Bonchev–Trinajstić information content (AvgIpc) is 2.35. The second-order valence-electron chi connectivity index (χ2n) is 4.17. The van der Waals surface area contributed by atoms with E-state index in [1.807, 2.05) is 0 Å². The van der Waals surface area contributed by atoms with Crippen molar-refractivity contribution in [1.82, 2.24) is 4.90 Å². The van der Waals surface area contributed by atoms with E-state index in [9.17, 15) is 0 Å². The van der Waals surface area contributed by atoms with Gasteiger partial charge in [-0.15, -0.1) is 0 Å². The molecule has 0 aromatic carbocycles. The van der Waals surface area contributed by atoms with Gasteiger partial charge in [-0.25, -0.2) is 0 Å². The highest BCUT2D eigenvalue weighted by Crippen LogP contribution is 2.46. The fraction of sp³-hybridized carbons (Fsp3) is 1.00. The lowest BCUT2D eigenvalue weighted by Gasteiger charge is -2.35. The average molecular weight is 137 g/mol. The summed E-state index contributed by atoms with van der Waals surface area (Å²) in [5.41, 5.74) is 0. The van der Waals surface area contributed by atoms with Gasteiger partial charge in [-0.05, 0) is 44.6 Å². The Bertz CT molecular complexity index is 153. The molecule has 1 aliphatic carbocycles. The van der Waals surface area contributed by atoms with Crippen LogP contribution in [-0.4, -0.2) is 23.5 Å². The van der Waals surface area contributed by atoms with Crippen LogP contribution in [0.2, 0.25) is 0 Å². The van der Waals surface area contributed by atoms with E-state index in [1.165, 1.54) is 32.2 Å². The minimum absolute atomic E-state index is 1.03. The molecule has 10 heavy (non-hydrogen) atoms. The van der Waals surface area contributed by atoms with Crippen molar-refractivity contribution < 1.29 is 0 Å². The Morgan fingerprint density at radius 1 is 1.10 bits per heavy atom. The minimum atomic E-state index is 1.03. The Labute approximate surface area is 62.4 Å². The second kappa shape index (κ2) is 1.76. The van der Waals surface area contributed by atoms with E-state index < -0.39 is 0 Å². The van der Waals surface area contributed by atoms with Gasteiger partial charge in [0.15, 0.2) is 0 Å². The molecule has 0 aromatic heterocycles. The molecule has 56 valence electrons. The first-order chi connectivity index (χ1) is 4.95. The van der Waals surface area contributed by atoms with Gasteiger partial charge in [0, 0.05) is 12.1 Å². The van der Waals surface area contributed by atoms with Crippen LogP contribution in [0, 0.1) is 5.92 Å². The number of fused-ring (bicyclic) bond motifs is 3. The van der Waals surface area contributed by atoms with Gasteiger partial charge in [-0.1, -0.05) is 0 Å². The van der Waals surface area contributed by atoms with E-state index in [-0.39, 0.29) is 0 Å². The molecule has 3 fully saturated rings. The van der Waals surface area contributed by atoms with Gasteiger partial charge in [0.2, 0.25) is 0 Å². The molecule has 3 unspecified atom stereocenters. The molecule has 3 rings (SSSR count). The van der Waals surface area contributed by atoms with Crippen molar-refractivity contribution >= 4 is 0 Å². The van der Waals surface area contributed by atoms with Crippen molar-refractivity contribution in [3.63, 3.8) is 0 Å². The zero-order valence-corrected chi connectivity index (χ0v) is 6.42. The SMILES string of the molecule is C1CC2CC3CCC3N2C1. The van der Waals surface area contributed by atoms with E-state index in [2.05, 4.69) is 4.90 Å². The number of rotatable bonds is 0. The van der Waals surface area contributed by atoms with Crippen molar-refractivity contribution in [3.8, 4) is 0 Å². The smallest absolute Gasteiger partial charge is 0.0127 e. The lowest BCUT2D eigenvalue weighted by atomic mass is 9.79. The summed E-state index contributed by atoms with van der Waals surface area (Å²) in [4.78, 5) is 2.79. The maximum Gasteiger partial charge on any atom is 0.0127 e. The predicted molar refractivity (Wildman–Crippen MR) is 40.9 cm³/mol. The van der Waals surface area contributed by atoms with Crippen LogP contribution in [0.3, 0.4) is 0 Å². The molecule has 1 nitrogen and oxygen atoms in total. The fourth-order valence-corrected chi connectivity index (χ4v) is 3.16. The summed E-state index contributed by atoms with van der Waals surface area (Å²) in [5.74, 6) is 1.13. The van der Waals surface area contributed by atoms with Crippen molar-refractivity contribution in [2.24, 2.45) is 5.92 Å². The Kier molecular flexibility index (Phi) is 0.984. The van der Waals surface area contributed by atoms with Crippen LogP contribution < -0.4 is 0 Å². The van der Waals surface area contributed by atoms with Crippen molar-refractivity contribution in [1.29, 1.82) is 0 Å². The minimum Gasteiger partial charge on any atom is -0.297 e. The number of hydrogen-bond donors (Lipinski definition) is 0. The Hall–Kier alpha value is -0.0400. The Balaban J connectivity index is 1.85. The highest BCUT2D eigenvalue weighted by molar-refractivity contribution is 5.02. The number of nitrogens with zero attached hydrogens (tertiary/aromatic N) is 1. The third kappa shape index (κ3) is 0.531. The van der Waals surface area contributed by atoms with Crippen LogP contribution in [-0.2, 0) is 0 Å². The van der Waals surface area contributed by atoms with Crippen molar-refractivity contribution in [3.05, 3.63) is 0 Å². The summed E-state index contributed by atoms with van der Waals surface area (Å²) < 4.78 is 0. The summed E-state index contributed by atoms with van der Waals surface area (Å²) in [6.07, 6.45) is 7.59. The molecule has 2 heterocycles. The Morgan fingerprint density at radius 3 is 2.90 bits per heavy atom. The van der Waals surface area contributed by atoms with Crippen LogP contribution in [0.5, 0.6) is 0 Å². The van der Waals surface area contributed by atoms with E-state index in [0.717, 1.165) is 18.0 Å². The van der Waals surface area contributed by atoms with Crippen molar-refractivity contribution in [2.45, 2.75) is 44.2 Å². The molecular weight excluding hydrogens is 122 g/mol. The highest BCUT2D eigenvalue weighted by atomic mass is 15.2. The van der Waals surface area contributed by atoms with Gasteiger partial charge >= 0.3 is 0 Å². The highest BCUT2D eigenvalue weighted by Gasteiger charge is 2.47. The van der Waals surface area contributed by atoms with E-state index in [4.69, 9.17) is 0 Å². The van der Waals surface area contributed by atoms with Crippen molar-refractivity contribution in [2.75, 3.05) is 6.54 Å². The first kappa shape index (κ1) is 5.59. The van der Waals surface area contributed by atoms with Gasteiger partial charge < -0.3 is 0 Å². The summed E-state index contributed by atoms with van der Waals surface area (Å²) in [7, 11) is 0. The van der Waals surface area contributed by atoms with Gasteiger partial charge in [-0.3, -0.25) is 4.90 Å². The zero-order valence-electron chi connectivity index (χ0n) is 6.42. The van der Waals surface area contributed by atoms with Crippen LogP contribution in [0.1, 0.15) is 32.1 Å². The first-order valence-electron chi connectivity index (χ1n) is 4.71. The molecule has 2 saturated heterocycles. The largest absolute Gasteiger partial charge is 0.297 e. The summed E-state index contributed by atoms with van der Waals surface area (Å²) in [5, 5.41) is 0. The zero-order chi connectivity index (χ0) is 6.55. The lowest BCUT2D eigenvalue weighted by Crippen LogP contribution is -2.39. The third-order valence-corrected chi connectivity index (χ3v) is 3.80. The third-order valence-electron chi connectivity index (χ3n) is 3.80. The molecule has 0 bridgehead atoms. The van der Waals surface area contributed by atoms with Gasteiger partial charge in [0.05, 0.1) is 0 Å². The van der Waals surface area contributed by atoms with Crippen LogP contribution in [0.15, 0.2) is 0 Å². The van der Waals surface area contributed by atoms with E-state index in [1.54, 1.807) is 6.42 Å². The number of hydrogen-bond acceptors (Lipinski definition) is 1. The van der Waals surface area contributed by atoms with E-state index in [0.29, 0.717) is 0 Å². The topological polar surface area (TPSA) is 3.24 Å². The van der Waals surface area contributed by atoms with Crippen LogP contribution >= 0.6 is 0 Å². The van der Waals surface area contributed by atoms with Crippen LogP contribution in [0.4, 0.5) is 0 Å². The van der Waals surface area contributed by atoms with E-state index >= 15 is 0 Å². The molecule has 0 radical (unpaired) electrons. The maximum absolute atomic E-state index is 2.79. The molecule has 0 N–H and O–H groups in total. The maximum atomic E-state index is 2.79. The van der Waals surface area contributed by atoms with Crippen LogP contribution in [0.25, 0.3) is 0 Å². The first-order valence-corrected chi connectivity index (χ1v) is 4.71. The molecule has 3 atom stereocenters. The molecule has 1 heteroatoms. The summed E-state index contributed by atoms with van der Waals surface area (Å²) >= 11 is 0. The standard InChI is InChI=1S/C9H15N/c1-2-8-6-7-3-4-9(7)10(8)5-1/h7-9H,1-6H2. The lowest BCUT2D eigenvalue weighted by molar-refractivity contribution is 0.145. The second-order valence-corrected chi connectivity index (χ2v) is 4.17.